The number of nitrogen functional groups attached to an aromatic ring is 1. The lowest BCUT2D eigenvalue weighted by atomic mass is 10.3. The van der Waals surface area contributed by atoms with Gasteiger partial charge in [0, 0.05) is 4.47 Å². The van der Waals surface area contributed by atoms with Crippen LogP contribution < -0.4 is 5.73 Å². The topological polar surface area (TPSA) is 26.0 Å². The van der Waals surface area contributed by atoms with Gasteiger partial charge in [0.25, 0.3) is 0 Å². The summed E-state index contributed by atoms with van der Waals surface area (Å²) >= 11 is 2.67. The number of halogens is 6. The van der Waals surface area contributed by atoms with Gasteiger partial charge in [0.1, 0.15) is 4.90 Å². The number of hydrogen-bond acceptors (Lipinski definition) is 1. The zero-order chi connectivity index (χ0) is 11.3. The van der Waals surface area contributed by atoms with Crippen molar-refractivity contribution in [2.45, 2.75) is 4.90 Å². The Labute approximate surface area is 84.9 Å². The van der Waals surface area contributed by atoms with Crippen molar-refractivity contribution < 1.29 is 19.4 Å². The average molecular weight is 298 g/mol. The second kappa shape index (κ2) is 2.35. The van der Waals surface area contributed by atoms with Crippen LogP contribution in [0.1, 0.15) is 0 Å². The van der Waals surface area contributed by atoms with Crippen LogP contribution in [0.15, 0.2) is 27.6 Å². The van der Waals surface area contributed by atoms with E-state index in [0.29, 0.717) is 0 Å². The van der Waals surface area contributed by atoms with Gasteiger partial charge in [0.2, 0.25) is 0 Å². The Bertz CT molecular complexity index is 386. The summed E-state index contributed by atoms with van der Waals surface area (Å²) in [6.45, 7) is 0. The third-order valence-electron chi connectivity index (χ3n) is 1.39. The summed E-state index contributed by atoms with van der Waals surface area (Å²) in [4.78, 5) is -2.06. The highest BCUT2D eigenvalue weighted by Gasteiger charge is 2.66. The van der Waals surface area contributed by atoms with Gasteiger partial charge in [-0.2, -0.15) is 0 Å². The predicted molar refractivity (Wildman–Crippen MR) is 50.0 cm³/mol. The first kappa shape index (κ1) is 11.6. The number of hydrogen-bond donors (Lipinski definition) is 1. The Morgan fingerprint density at radius 1 is 1.07 bits per heavy atom. The van der Waals surface area contributed by atoms with Gasteiger partial charge in [0.05, 0.1) is 5.69 Å². The summed E-state index contributed by atoms with van der Waals surface area (Å²) in [5.74, 6) is 0. The molecule has 0 amide bonds. The maximum absolute atomic E-state index is 12.3. The van der Waals surface area contributed by atoms with Crippen LogP contribution in [0.4, 0.5) is 25.1 Å². The van der Waals surface area contributed by atoms with Crippen molar-refractivity contribution >= 4 is 31.8 Å². The zero-order valence-corrected chi connectivity index (χ0v) is 8.89. The molecule has 0 heterocycles. The summed E-state index contributed by atoms with van der Waals surface area (Å²) in [6, 6.07) is 2.20. The molecule has 0 aromatic heterocycles. The van der Waals surface area contributed by atoms with Gasteiger partial charge in [0.15, 0.2) is 0 Å². The molecule has 0 aliphatic rings. The smallest absolute Gasteiger partial charge is 0.312 e. The van der Waals surface area contributed by atoms with Gasteiger partial charge in [-0.1, -0.05) is 35.4 Å². The second-order valence-corrected chi connectivity index (χ2v) is 5.94. The summed E-state index contributed by atoms with van der Waals surface area (Å²) < 4.78 is 61.3. The Balaban J connectivity index is 3.57. The molecule has 0 spiro atoms. The van der Waals surface area contributed by atoms with Crippen LogP contribution in [-0.4, -0.2) is 0 Å². The lowest BCUT2D eigenvalue weighted by molar-refractivity contribution is 0.364. The monoisotopic (exact) mass is 297 g/mol. The van der Waals surface area contributed by atoms with Crippen LogP contribution in [-0.2, 0) is 0 Å². The standard InChI is InChI=1S/C6H5BrF5NS/c7-4-1-2-5(13)6(3-4)14(8,9,10,11)12/h1-3H,13H2. The van der Waals surface area contributed by atoms with Crippen molar-refractivity contribution in [3.05, 3.63) is 22.7 Å². The maximum Gasteiger partial charge on any atom is 0.312 e. The van der Waals surface area contributed by atoms with E-state index in [4.69, 9.17) is 5.73 Å². The van der Waals surface area contributed by atoms with Crippen molar-refractivity contribution in [2.75, 3.05) is 5.73 Å². The van der Waals surface area contributed by atoms with Gasteiger partial charge < -0.3 is 5.73 Å². The molecular weight excluding hydrogens is 293 g/mol. The number of nitrogens with two attached hydrogens (primary N) is 1. The minimum Gasteiger partial charge on any atom is -0.398 e. The summed E-state index contributed by atoms with van der Waals surface area (Å²) in [6.07, 6.45) is 0. The Hall–Kier alpha value is -0.500. The fourth-order valence-corrected chi connectivity index (χ4v) is 2.22. The lowest BCUT2D eigenvalue weighted by Gasteiger charge is -2.41. The molecule has 1 rings (SSSR count). The maximum atomic E-state index is 12.3. The molecule has 2 N–H and O–H groups in total. The highest BCUT2D eigenvalue weighted by molar-refractivity contribution is 9.10. The molecule has 8 heteroatoms. The molecule has 0 bridgehead atoms. The van der Waals surface area contributed by atoms with E-state index in [1.165, 1.54) is 0 Å². The molecule has 1 nitrogen and oxygen atoms in total. The van der Waals surface area contributed by atoms with E-state index in [1.54, 1.807) is 0 Å². The van der Waals surface area contributed by atoms with E-state index in [-0.39, 0.29) is 10.5 Å². The number of anilines is 1. The second-order valence-electron chi connectivity index (χ2n) is 2.65. The fourth-order valence-electron chi connectivity index (χ4n) is 0.842. The minimum absolute atomic E-state index is 0.102. The highest BCUT2D eigenvalue weighted by atomic mass is 79.9. The average Bonchev–Trinajstić information content (AvgIpc) is 1.89. The van der Waals surface area contributed by atoms with Gasteiger partial charge in [-0.25, -0.2) is 0 Å². The molecule has 1 aromatic carbocycles. The van der Waals surface area contributed by atoms with Crippen molar-refractivity contribution in [3.8, 4) is 0 Å². The predicted octanol–water partition coefficient (Wildman–Crippen LogP) is 4.69. The van der Waals surface area contributed by atoms with E-state index in [9.17, 15) is 19.4 Å². The first-order valence-corrected chi connectivity index (χ1v) is 5.94. The van der Waals surface area contributed by atoms with Crippen molar-refractivity contribution in [2.24, 2.45) is 0 Å². The highest BCUT2D eigenvalue weighted by Crippen LogP contribution is 3.02. The molecular formula is C6H5BrF5NS. The fraction of sp³-hybridized carbons (Fsp3) is 0. The molecule has 0 saturated carbocycles. The molecule has 0 radical (unpaired) electrons. The third-order valence-corrected chi connectivity index (χ3v) is 3.07. The van der Waals surface area contributed by atoms with E-state index >= 15 is 0 Å². The van der Waals surface area contributed by atoms with Crippen molar-refractivity contribution in [3.63, 3.8) is 0 Å². The summed E-state index contributed by atoms with van der Waals surface area (Å²) in [7, 11) is -9.67. The molecule has 0 aliphatic carbocycles. The van der Waals surface area contributed by atoms with E-state index < -0.39 is 20.8 Å². The quantitative estimate of drug-likeness (QED) is 0.591. The Morgan fingerprint density at radius 2 is 1.57 bits per heavy atom. The van der Waals surface area contributed by atoms with Crippen LogP contribution in [0.5, 0.6) is 0 Å². The molecule has 82 valence electrons. The largest absolute Gasteiger partial charge is 0.398 e. The number of rotatable bonds is 1. The van der Waals surface area contributed by atoms with Crippen molar-refractivity contribution in [1.29, 1.82) is 0 Å². The van der Waals surface area contributed by atoms with Gasteiger partial charge in [-0.05, 0) is 18.2 Å². The van der Waals surface area contributed by atoms with Gasteiger partial charge in [-0.3, -0.25) is 0 Å². The van der Waals surface area contributed by atoms with Crippen LogP contribution >= 0.6 is 26.2 Å². The molecule has 0 aliphatic heterocycles. The molecule has 0 saturated heterocycles. The van der Waals surface area contributed by atoms with Crippen LogP contribution in [0.2, 0.25) is 0 Å². The van der Waals surface area contributed by atoms with Gasteiger partial charge >= 0.3 is 10.2 Å². The van der Waals surface area contributed by atoms with E-state index in [0.717, 1.165) is 12.1 Å². The summed E-state index contributed by atoms with van der Waals surface area (Å²) in [5, 5.41) is 0. The Morgan fingerprint density at radius 3 is 1.93 bits per heavy atom. The van der Waals surface area contributed by atoms with Gasteiger partial charge in [-0.15, -0.1) is 0 Å². The third kappa shape index (κ3) is 2.50. The van der Waals surface area contributed by atoms with Crippen LogP contribution in [0, 0.1) is 0 Å². The lowest BCUT2D eigenvalue weighted by Crippen LogP contribution is -2.09. The van der Waals surface area contributed by atoms with Crippen molar-refractivity contribution in [1.82, 2.24) is 0 Å². The molecule has 0 atom stereocenters. The molecule has 14 heavy (non-hydrogen) atoms. The molecule has 0 unspecified atom stereocenters. The number of benzene rings is 1. The first-order chi connectivity index (χ1) is 5.90. The summed E-state index contributed by atoms with van der Waals surface area (Å²) in [5.41, 5.74) is 3.88. The Kier molecular flexibility index (Phi) is 1.95. The normalized spacial score (nSPS) is 17.3. The molecule has 1 aromatic rings. The first-order valence-electron chi connectivity index (χ1n) is 3.19. The zero-order valence-electron chi connectivity index (χ0n) is 6.49. The molecule has 0 fully saturated rings. The van der Waals surface area contributed by atoms with Crippen LogP contribution in [0.25, 0.3) is 0 Å². The van der Waals surface area contributed by atoms with Crippen LogP contribution in [0.3, 0.4) is 0 Å². The minimum atomic E-state index is -9.67. The van der Waals surface area contributed by atoms with E-state index in [2.05, 4.69) is 15.9 Å². The SMILES string of the molecule is Nc1ccc(Br)cc1S(F)(F)(F)(F)F. The van der Waals surface area contributed by atoms with E-state index in [1.807, 2.05) is 0 Å².